The number of benzene rings is 1. The van der Waals surface area contributed by atoms with Gasteiger partial charge in [0.25, 0.3) is 5.91 Å². The van der Waals surface area contributed by atoms with Crippen molar-refractivity contribution in [2.45, 2.75) is 48.8 Å². The van der Waals surface area contributed by atoms with Crippen LogP contribution in [-0.4, -0.2) is 73.0 Å². The van der Waals surface area contributed by atoms with Crippen LogP contribution >= 0.6 is 0 Å². The molecule has 3 aliphatic rings. The Morgan fingerprint density at radius 3 is 2.22 bits per heavy atom. The van der Waals surface area contributed by atoms with Crippen LogP contribution in [0.3, 0.4) is 0 Å². The van der Waals surface area contributed by atoms with Gasteiger partial charge in [0, 0.05) is 56.0 Å². The highest BCUT2D eigenvalue weighted by atomic mass is 32.2. The van der Waals surface area contributed by atoms with E-state index in [4.69, 9.17) is 9.47 Å². The lowest BCUT2D eigenvalue weighted by molar-refractivity contribution is 0.0358. The van der Waals surface area contributed by atoms with E-state index in [9.17, 15) is 13.2 Å². The van der Waals surface area contributed by atoms with E-state index in [-0.39, 0.29) is 29.0 Å². The van der Waals surface area contributed by atoms with Gasteiger partial charge in [-0.1, -0.05) is 0 Å². The van der Waals surface area contributed by atoms with Crippen LogP contribution in [0.4, 0.5) is 0 Å². The maximum atomic E-state index is 13.3. The molecule has 1 aromatic heterocycles. The maximum Gasteiger partial charge on any atom is 0.254 e. The third kappa shape index (κ3) is 4.12. The molecule has 4 heterocycles. The minimum atomic E-state index is -3.57. The van der Waals surface area contributed by atoms with E-state index in [1.165, 1.54) is 4.31 Å². The number of ether oxygens (including phenoxy) is 2. The second-order valence-electron chi connectivity index (χ2n) is 8.53. The molecule has 3 fully saturated rings. The fourth-order valence-corrected chi connectivity index (χ4v) is 6.43. The Balaban J connectivity index is 1.27. The summed E-state index contributed by atoms with van der Waals surface area (Å²) >= 11 is 0. The SMILES string of the molecule is O=C(c1ccc(S(=O)(=O)N2CCOCC2)cc1)N1C2CCC1CC(Oc1ccncc1)C2. The lowest BCUT2D eigenvalue weighted by Crippen LogP contribution is -2.49. The zero-order valence-corrected chi connectivity index (χ0v) is 18.6. The van der Waals surface area contributed by atoms with E-state index in [1.807, 2.05) is 17.0 Å². The lowest BCUT2D eigenvalue weighted by atomic mass is 9.98. The van der Waals surface area contributed by atoms with Crippen LogP contribution in [0.1, 0.15) is 36.0 Å². The smallest absolute Gasteiger partial charge is 0.254 e. The number of amides is 1. The third-order valence-electron chi connectivity index (χ3n) is 6.59. The van der Waals surface area contributed by atoms with Crippen LogP contribution in [0.5, 0.6) is 5.75 Å². The summed E-state index contributed by atoms with van der Waals surface area (Å²) < 4.78 is 38.5. The van der Waals surface area contributed by atoms with Crippen molar-refractivity contribution in [3.63, 3.8) is 0 Å². The van der Waals surface area contributed by atoms with E-state index in [2.05, 4.69) is 4.98 Å². The fourth-order valence-electron chi connectivity index (χ4n) is 5.02. The number of sulfonamides is 1. The first-order valence-corrected chi connectivity index (χ1v) is 12.5. The Hall–Kier alpha value is -2.49. The Morgan fingerprint density at radius 2 is 1.59 bits per heavy atom. The molecule has 32 heavy (non-hydrogen) atoms. The molecule has 2 unspecified atom stereocenters. The predicted molar refractivity (Wildman–Crippen MR) is 117 cm³/mol. The zero-order valence-electron chi connectivity index (χ0n) is 17.8. The number of hydrogen-bond acceptors (Lipinski definition) is 6. The molecule has 2 bridgehead atoms. The van der Waals surface area contributed by atoms with Gasteiger partial charge in [-0.25, -0.2) is 8.42 Å². The van der Waals surface area contributed by atoms with Gasteiger partial charge in [0.15, 0.2) is 0 Å². The number of fused-ring (bicyclic) bond motifs is 2. The average Bonchev–Trinajstić information content (AvgIpc) is 3.10. The monoisotopic (exact) mass is 457 g/mol. The van der Waals surface area contributed by atoms with Gasteiger partial charge in [-0.15, -0.1) is 0 Å². The van der Waals surface area contributed by atoms with Crippen LogP contribution in [0.2, 0.25) is 0 Å². The summed E-state index contributed by atoms with van der Waals surface area (Å²) in [7, 11) is -3.57. The van der Waals surface area contributed by atoms with E-state index in [0.717, 1.165) is 31.4 Å². The summed E-state index contributed by atoms with van der Waals surface area (Å²) in [5, 5.41) is 0. The number of piperidine rings is 1. The van der Waals surface area contributed by atoms with Gasteiger partial charge >= 0.3 is 0 Å². The Bertz CT molecular complexity index is 1040. The number of morpholine rings is 1. The van der Waals surface area contributed by atoms with Gasteiger partial charge in [-0.3, -0.25) is 9.78 Å². The highest BCUT2D eigenvalue weighted by molar-refractivity contribution is 7.89. The molecule has 2 atom stereocenters. The summed E-state index contributed by atoms with van der Waals surface area (Å²) in [4.78, 5) is 19.5. The Morgan fingerprint density at radius 1 is 0.969 bits per heavy atom. The summed E-state index contributed by atoms with van der Waals surface area (Å²) in [5.41, 5.74) is 0.524. The van der Waals surface area contributed by atoms with Crippen molar-refractivity contribution in [2.24, 2.45) is 0 Å². The van der Waals surface area contributed by atoms with Crippen molar-refractivity contribution >= 4 is 15.9 Å². The quantitative estimate of drug-likeness (QED) is 0.685. The van der Waals surface area contributed by atoms with Gasteiger partial charge in [-0.05, 0) is 49.2 Å². The molecule has 5 rings (SSSR count). The van der Waals surface area contributed by atoms with Gasteiger partial charge in [0.2, 0.25) is 10.0 Å². The lowest BCUT2D eigenvalue weighted by Gasteiger charge is -2.39. The molecule has 0 aliphatic carbocycles. The second-order valence-corrected chi connectivity index (χ2v) is 10.5. The van der Waals surface area contributed by atoms with Crippen molar-refractivity contribution in [3.8, 4) is 5.75 Å². The number of nitrogens with zero attached hydrogens (tertiary/aromatic N) is 3. The molecule has 170 valence electrons. The van der Waals surface area contributed by atoms with Gasteiger partial charge in [0.1, 0.15) is 11.9 Å². The van der Waals surface area contributed by atoms with E-state index >= 15 is 0 Å². The van der Waals surface area contributed by atoms with E-state index in [0.29, 0.717) is 31.9 Å². The second kappa shape index (κ2) is 8.80. The molecule has 0 spiro atoms. The zero-order chi connectivity index (χ0) is 22.1. The number of aromatic nitrogens is 1. The minimum absolute atomic E-state index is 0.0322. The van der Waals surface area contributed by atoms with Crippen molar-refractivity contribution < 1.29 is 22.7 Å². The maximum absolute atomic E-state index is 13.3. The van der Waals surface area contributed by atoms with Crippen molar-refractivity contribution in [1.29, 1.82) is 0 Å². The largest absolute Gasteiger partial charge is 0.490 e. The van der Waals surface area contributed by atoms with Crippen LogP contribution in [0.15, 0.2) is 53.7 Å². The average molecular weight is 458 g/mol. The first kappa shape index (κ1) is 21.4. The molecular formula is C23H27N3O5S. The van der Waals surface area contributed by atoms with Crippen LogP contribution in [-0.2, 0) is 14.8 Å². The fraction of sp³-hybridized carbons (Fsp3) is 0.478. The molecule has 0 saturated carbocycles. The first-order chi connectivity index (χ1) is 15.5. The van der Waals surface area contributed by atoms with Crippen LogP contribution in [0.25, 0.3) is 0 Å². The number of carbonyl (C=O) groups is 1. The topological polar surface area (TPSA) is 89.0 Å². The Kier molecular flexibility index (Phi) is 5.88. The molecule has 0 radical (unpaired) electrons. The molecule has 3 saturated heterocycles. The van der Waals surface area contributed by atoms with Gasteiger partial charge in [-0.2, -0.15) is 4.31 Å². The van der Waals surface area contributed by atoms with E-state index < -0.39 is 10.0 Å². The molecule has 2 aromatic rings. The van der Waals surface area contributed by atoms with Crippen molar-refractivity contribution in [2.75, 3.05) is 26.3 Å². The number of hydrogen-bond donors (Lipinski definition) is 0. The normalized spacial score (nSPS) is 26.1. The summed E-state index contributed by atoms with van der Waals surface area (Å²) in [5.74, 6) is 0.774. The van der Waals surface area contributed by atoms with Crippen molar-refractivity contribution in [3.05, 3.63) is 54.4 Å². The van der Waals surface area contributed by atoms with Crippen LogP contribution < -0.4 is 4.74 Å². The van der Waals surface area contributed by atoms with E-state index in [1.54, 1.807) is 36.7 Å². The summed E-state index contributed by atoms with van der Waals surface area (Å²) in [6, 6.07) is 10.3. The van der Waals surface area contributed by atoms with Gasteiger partial charge in [0.05, 0.1) is 18.1 Å². The molecular weight excluding hydrogens is 430 g/mol. The summed E-state index contributed by atoms with van der Waals surface area (Å²) in [6.07, 6.45) is 7.05. The number of pyridine rings is 1. The van der Waals surface area contributed by atoms with Gasteiger partial charge < -0.3 is 14.4 Å². The molecule has 1 aromatic carbocycles. The number of carbonyl (C=O) groups excluding carboxylic acids is 1. The molecule has 3 aliphatic heterocycles. The first-order valence-electron chi connectivity index (χ1n) is 11.1. The highest BCUT2D eigenvalue weighted by Crippen LogP contribution is 2.38. The minimum Gasteiger partial charge on any atom is -0.490 e. The standard InChI is InChI=1S/C23H27N3O5S/c27-23(17-1-5-22(6-2-17)32(28,29)25-11-13-30-14-12-25)26-18-3-4-19(26)16-21(15-18)31-20-7-9-24-10-8-20/h1-2,5-10,18-19,21H,3-4,11-16H2. The predicted octanol–water partition coefficient (Wildman–Crippen LogP) is 2.32. The highest BCUT2D eigenvalue weighted by Gasteiger charge is 2.44. The molecule has 9 heteroatoms. The Labute approximate surface area is 188 Å². The molecule has 8 nitrogen and oxygen atoms in total. The number of rotatable bonds is 5. The molecule has 1 amide bonds. The summed E-state index contributed by atoms with van der Waals surface area (Å²) in [6.45, 7) is 1.50. The van der Waals surface area contributed by atoms with Crippen molar-refractivity contribution in [1.82, 2.24) is 14.2 Å². The van der Waals surface area contributed by atoms with Crippen LogP contribution in [0, 0.1) is 0 Å². The molecule has 0 N–H and O–H groups in total. The third-order valence-corrected chi connectivity index (χ3v) is 8.50.